The van der Waals surface area contributed by atoms with Gasteiger partial charge in [-0.25, -0.2) is 0 Å². The summed E-state index contributed by atoms with van der Waals surface area (Å²) in [6, 6.07) is 15.2. The first-order valence-electron chi connectivity index (χ1n) is 5.81. The molecule has 2 aromatic rings. The van der Waals surface area contributed by atoms with E-state index in [-0.39, 0.29) is 5.75 Å². The standard InChI is InChI=1S/C15H16BrNO/c1-15(17,13-7-2-3-8-14(13)16)10-11-5-4-6-12(18)9-11/h2-9,18H,10,17H2,1H3. The molecule has 0 fully saturated rings. The molecule has 1 atom stereocenters. The molecule has 0 aromatic heterocycles. The molecule has 0 saturated carbocycles. The van der Waals surface area contributed by atoms with Gasteiger partial charge in [0.2, 0.25) is 0 Å². The van der Waals surface area contributed by atoms with Gasteiger partial charge in [-0.2, -0.15) is 0 Å². The van der Waals surface area contributed by atoms with Gasteiger partial charge in [-0.1, -0.05) is 46.3 Å². The molecule has 0 amide bonds. The van der Waals surface area contributed by atoms with Gasteiger partial charge in [0.25, 0.3) is 0 Å². The summed E-state index contributed by atoms with van der Waals surface area (Å²) in [6.07, 6.45) is 0.671. The summed E-state index contributed by atoms with van der Waals surface area (Å²) in [4.78, 5) is 0. The Morgan fingerprint density at radius 1 is 1.17 bits per heavy atom. The number of phenolic OH excluding ortho intramolecular Hbond substituents is 1. The van der Waals surface area contributed by atoms with Crippen LogP contribution in [0.2, 0.25) is 0 Å². The van der Waals surface area contributed by atoms with E-state index in [0.29, 0.717) is 6.42 Å². The molecule has 18 heavy (non-hydrogen) atoms. The number of nitrogens with two attached hydrogens (primary N) is 1. The van der Waals surface area contributed by atoms with Crippen molar-refractivity contribution in [2.24, 2.45) is 5.73 Å². The first-order chi connectivity index (χ1) is 8.49. The van der Waals surface area contributed by atoms with Gasteiger partial charge in [-0.15, -0.1) is 0 Å². The molecule has 0 aliphatic rings. The van der Waals surface area contributed by atoms with Crippen LogP contribution in [0.5, 0.6) is 5.75 Å². The summed E-state index contributed by atoms with van der Waals surface area (Å²) in [5, 5.41) is 9.48. The van der Waals surface area contributed by atoms with Crippen molar-refractivity contribution in [1.82, 2.24) is 0 Å². The maximum absolute atomic E-state index is 9.48. The molecule has 2 nitrogen and oxygen atoms in total. The quantitative estimate of drug-likeness (QED) is 0.910. The van der Waals surface area contributed by atoms with E-state index in [2.05, 4.69) is 15.9 Å². The summed E-state index contributed by atoms with van der Waals surface area (Å²) < 4.78 is 1.01. The van der Waals surface area contributed by atoms with Crippen molar-refractivity contribution >= 4 is 15.9 Å². The normalized spacial score (nSPS) is 14.2. The Morgan fingerprint density at radius 3 is 2.56 bits per heavy atom. The van der Waals surface area contributed by atoms with E-state index in [1.807, 2.05) is 43.3 Å². The maximum atomic E-state index is 9.48. The smallest absolute Gasteiger partial charge is 0.115 e. The summed E-state index contributed by atoms with van der Waals surface area (Å²) in [5.41, 5.74) is 8.02. The largest absolute Gasteiger partial charge is 0.508 e. The van der Waals surface area contributed by atoms with Crippen LogP contribution in [-0.2, 0) is 12.0 Å². The zero-order valence-corrected chi connectivity index (χ0v) is 11.8. The van der Waals surface area contributed by atoms with Crippen molar-refractivity contribution in [1.29, 1.82) is 0 Å². The highest BCUT2D eigenvalue weighted by Gasteiger charge is 2.23. The summed E-state index contributed by atoms with van der Waals surface area (Å²) in [5.74, 6) is 0.274. The molecule has 2 aromatic carbocycles. The molecule has 3 N–H and O–H groups in total. The molecule has 94 valence electrons. The minimum Gasteiger partial charge on any atom is -0.508 e. The van der Waals surface area contributed by atoms with Crippen LogP contribution in [0.15, 0.2) is 53.0 Å². The number of rotatable bonds is 3. The lowest BCUT2D eigenvalue weighted by Gasteiger charge is -2.26. The van der Waals surface area contributed by atoms with E-state index in [4.69, 9.17) is 5.73 Å². The van der Waals surface area contributed by atoms with Crippen LogP contribution in [0.1, 0.15) is 18.1 Å². The lowest BCUT2D eigenvalue weighted by Crippen LogP contribution is -2.35. The first kappa shape index (κ1) is 13.1. The maximum Gasteiger partial charge on any atom is 0.115 e. The number of phenols is 1. The minimum absolute atomic E-state index is 0.274. The average Bonchev–Trinajstić information content (AvgIpc) is 2.28. The number of hydrogen-bond donors (Lipinski definition) is 2. The Bertz CT molecular complexity index is 552. The van der Waals surface area contributed by atoms with E-state index < -0.39 is 5.54 Å². The van der Waals surface area contributed by atoms with Crippen molar-refractivity contribution < 1.29 is 5.11 Å². The highest BCUT2D eigenvalue weighted by molar-refractivity contribution is 9.10. The Balaban J connectivity index is 2.30. The fourth-order valence-electron chi connectivity index (χ4n) is 2.11. The highest BCUT2D eigenvalue weighted by atomic mass is 79.9. The Morgan fingerprint density at radius 2 is 1.89 bits per heavy atom. The van der Waals surface area contributed by atoms with Crippen LogP contribution in [0.25, 0.3) is 0 Å². The minimum atomic E-state index is -0.478. The zero-order chi connectivity index (χ0) is 13.2. The van der Waals surface area contributed by atoms with E-state index in [1.54, 1.807) is 12.1 Å². The third-order valence-electron chi connectivity index (χ3n) is 2.97. The Kier molecular flexibility index (Phi) is 3.73. The third kappa shape index (κ3) is 2.92. The van der Waals surface area contributed by atoms with Crippen molar-refractivity contribution in [3.63, 3.8) is 0 Å². The monoisotopic (exact) mass is 305 g/mol. The zero-order valence-electron chi connectivity index (χ0n) is 10.2. The average molecular weight is 306 g/mol. The topological polar surface area (TPSA) is 46.2 Å². The molecular weight excluding hydrogens is 290 g/mol. The molecule has 1 unspecified atom stereocenters. The second-order valence-corrected chi connectivity index (χ2v) is 5.60. The SMILES string of the molecule is CC(N)(Cc1cccc(O)c1)c1ccccc1Br. The summed E-state index contributed by atoms with van der Waals surface area (Å²) in [7, 11) is 0. The predicted molar refractivity (Wildman–Crippen MR) is 77.5 cm³/mol. The molecular formula is C15H16BrNO. The van der Waals surface area contributed by atoms with Crippen molar-refractivity contribution in [3.05, 3.63) is 64.1 Å². The van der Waals surface area contributed by atoms with E-state index in [1.165, 1.54) is 0 Å². The van der Waals surface area contributed by atoms with Gasteiger partial charge in [0.1, 0.15) is 5.75 Å². The van der Waals surface area contributed by atoms with Crippen LogP contribution in [-0.4, -0.2) is 5.11 Å². The molecule has 0 bridgehead atoms. The third-order valence-corrected chi connectivity index (χ3v) is 3.66. The van der Waals surface area contributed by atoms with Crippen LogP contribution < -0.4 is 5.73 Å². The van der Waals surface area contributed by atoms with Gasteiger partial charge < -0.3 is 10.8 Å². The second-order valence-electron chi connectivity index (χ2n) is 4.74. The Labute approximate surface area is 116 Å². The molecule has 0 spiro atoms. The summed E-state index contributed by atoms with van der Waals surface area (Å²) in [6.45, 7) is 2.00. The fraction of sp³-hybridized carbons (Fsp3) is 0.200. The van der Waals surface area contributed by atoms with Gasteiger partial charge >= 0.3 is 0 Å². The van der Waals surface area contributed by atoms with Crippen LogP contribution in [0, 0.1) is 0 Å². The Hall–Kier alpha value is -1.32. The first-order valence-corrected chi connectivity index (χ1v) is 6.60. The second kappa shape index (κ2) is 5.12. The van der Waals surface area contributed by atoms with Crippen LogP contribution >= 0.6 is 15.9 Å². The van der Waals surface area contributed by atoms with E-state index in [0.717, 1.165) is 15.6 Å². The number of aromatic hydroxyl groups is 1. The molecule has 0 saturated heterocycles. The van der Waals surface area contributed by atoms with Gasteiger partial charge in [0.15, 0.2) is 0 Å². The van der Waals surface area contributed by atoms with Gasteiger partial charge in [0, 0.05) is 10.0 Å². The van der Waals surface area contributed by atoms with Gasteiger partial charge in [-0.3, -0.25) is 0 Å². The number of benzene rings is 2. The van der Waals surface area contributed by atoms with Crippen molar-refractivity contribution in [2.45, 2.75) is 18.9 Å². The van der Waals surface area contributed by atoms with Gasteiger partial charge in [0.05, 0.1) is 0 Å². The number of hydrogen-bond acceptors (Lipinski definition) is 2. The molecule has 0 aliphatic carbocycles. The van der Waals surface area contributed by atoms with Crippen molar-refractivity contribution in [3.8, 4) is 5.75 Å². The molecule has 0 radical (unpaired) electrons. The van der Waals surface area contributed by atoms with Crippen LogP contribution in [0.4, 0.5) is 0 Å². The summed E-state index contributed by atoms with van der Waals surface area (Å²) >= 11 is 3.53. The highest BCUT2D eigenvalue weighted by Crippen LogP contribution is 2.29. The molecule has 3 heteroatoms. The van der Waals surface area contributed by atoms with Crippen LogP contribution in [0.3, 0.4) is 0 Å². The molecule has 2 rings (SSSR count). The van der Waals surface area contributed by atoms with E-state index in [9.17, 15) is 5.11 Å². The molecule has 0 aliphatic heterocycles. The van der Waals surface area contributed by atoms with Gasteiger partial charge in [-0.05, 0) is 42.7 Å². The lowest BCUT2D eigenvalue weighted by atomic mass is 9.86. The van der Waals surface area contributed by atoms with Crippen molar-refractivity contribution in [2.75, 3.05) is 0 Å². The predicted octanol–water partition coefficient (Wildman–Crippen LogP) is 3.57. The van der Waals surface area contributed by atoms with E-state index >= 15 is 0 Å². The molecule has 0 heterocycles. The fourth-order valence-corrected chi connectivity index (χ4v) is 2.85. The number of halogens is 1. The lowest BCUT2D eigenvalue weighted by molar-refractivity contribution is 0.467.